The predicted octanol–water partition coefficient (Wildman–Crippen LogP) is 1.97. The Hall–Kier alpha value is -1.75. The summed E-state index contributed by atoms with van der Waals surface area (Å²) in [5.74, 6) is 1.00. The molecule has 1 aromatic rings. The van der Waals surface area contributed by atoms with Crippen molar-refractivity contribution >= 4 is 5.97 Å². The summed E-state index contributed by atoms with van der Waals surface area (Å²) < 4.78 is 21.8. The maximum absolute atomic E-state index is 11.9. The Kier molecular flexibility index (Phi) is 3.30. The van der Waals surface area contributed by atoms with Crippen LogP contribution >= 0.6 is 0 Å². The molecule has 0 atom stereocenters. The van der Waals surface area contributed by atoms with Gasteiger partial charge in [-0.2, -0.15) is 0 Å². The maximum atomic E-state index is 11.9. The van der Waals surface area contributed by atoms with Gasteiger partial charge in [0.05, 0.1) is 33.0 Å². The summed E-state index contributed by atoms with van der Waals surface area (Å²) in [6, 6.07) is 3.49. The van der Waals surface area contributed by atoms with E-state index in [1.54, 1.807) is 19.2 Å². The molecule has 2 aliphatic rings. The molecule has 0 saturated carbocycles. The van der Waals surface area contributed by atoms with Crippen molar-refractivity contribution in [2.75, 3.05) is 27.4 Å². The normalized spacial score (nSPS) is 19.3. The van der Waals surface area contributed by atoms with Crippen LogP contribution in [-0.2, 0) is 15.9 Å². The van der Waals surface area contributed by atoms with Gasteiger partial charge in [0.15, 0.2) is 11.5 Å². The molecule has 1 spiro atoms. The number of benzene rings is 1. The minimum Gasteiger partial charge on any atom is -0.493 e. The second-order valence-electron chi connectivity index (χ2n) is 5.19. The predicted molar refractivity (Wildman–Crippen MR) is 71.4 cm³/mol. The summed E-state index contributed by atoms with van der Waals surface area (Å²) >= 11 is 0. The molecule has 2 aliphatic heterocycles. The molecule has 3 rings (SSSR count). The van der Waals surface area contributed by atoms with Crippen LogP contribution in [0.4, 0.5) is 0 Å². The van der Waals surface area contributed by atoms with Gasteiger partial charge in [0.2, 0.25) is 0 Å². The standard InChI is InChI=1S/C15H18O5/c1-17-12-4-3-10(14(16)18-2)11-9-15(20-13(11)12)5-7-19-8-6-15/h3-4H,5-9H2,1-2H3. The van der Waals surface area contributed by atoms with Crippen LogP contribution in [-0.4, -0.2) is 39.0 Å². The fourth-order valence-corrected chi connectivity index (χ4v) is 2.95. The van der Waals surface area contributed by atoms with Gasteiger partial charge in [0, 0.05) is 24.8 Å². The zero-order chi connectivity index (χ0) is 14.2. The average molecular weight is 278 g/mol. The number of rotatable bonds is 2. The SMILES string of the molecule is COC(=O)c1ccc(OC)c2c1CC1(CCOCC1)O2. The van der Waals surface area contributed by atoms with E-state index in [2.05, 4.69) is 0 Å². The van der Waals surface area contributed by atoms with Crippen LogP contribution in [0.2, 0.25) is 0 Å². The van der Waals surface area contributed by atoms with Crippen molar-refractivity contribution in [3.8, 4) is 11.5 Å². The van der Waals surface area contributed by atoms with Gasteiger partial charge in [-0.05, 0) is 12.1 Å². The number of hydrogen-bond acceptors (Lipinski definition) is 5. The average Bonchev–Trinajstić information content (AvgIpc) is 2.84. The Morgan fingerprint density at radius 1 is 1.25 bits per heavy atom. The van der Waals surface area contributed by atoms with Crippen LogP contribution in [0, 0.1) is 0 Å². The quantitative estimate of drug-likeness (QED) is 0.774. The smallest absolute Gasteiger partial charge is 0.338 e. The number of carbonyl (C=O) groups is 1. The van der Waals surface area contributed by atoms with E-state index in [1.807, 2.05) is 0 Å². The minimum absolute atomic E-state index is 0.266. The van der Waals surface area contributed by atoms with E-state index >= 15 is 0 Å². The zero-order valence-electron chi connectivity index (χ0n) is 11.7. The lowest BCUT2D eigenvalue weighted by Gasteiger charge is -2.32. The fraction of sp³-hybridized carbons (Fsp3) is 0.533. The topological polar surface area (TPSA) is 54.0 Å². The number of fused-ring (bicyclic) bond motifs is 1. The maximum Gasteiger partial charge on any atom is 0.338 e. The van der Waals surface area contributed by atoms with Crippen molar-refractivity contribution in [3.05, 3.63) is 23.3 Å². The van der Waals surface area contributed by atoms with Gasteiger partial charge in [-0.25, -0.2) is 4.79 Å². The zero-order valence-corrected chi connectivity index (χ0v) is 11.7. The second-order valence-corrected chi connectivity index (χ2v) is 5.19. The molecule has 5 nitrogen and oxygen atoms in total. The molecule has 0 aromatic heterocycles. The molecule has 0 radical (unpaired) electrons. The highest BCUT2D eigenvalue weighted by atomic mass is 16.5. The van der Waals surface area contributed by atoms with Crippen LogP contribution in [0.25, 0.3) is 0 Å². The first-order valence-corrected chi connectivity index (χ1v) is 6.74. The Morgan fingerprint density at radius 3 is 2.65 bits per heavy atom. The van der Waals surface area contributed by atoms with Crippen molar-refractivity contribution in [2.45, 2.75) is 24.9 Å². The van der Waals surface area contributed by atoms with Gasteiger partial charge in [-0.15, -0.1) is 0 Å². The first kappa shape index (κ1) is 13.2. The third-order valence-electron chi connectivity index (χ3n) is 4.07. The summed E-state index contributed by atoms with van der Waals surface area (Å²) in [6.07, 6.45) is 2.35. The summed E-state index contributed by atoms with van der Waals surface area (Å²) in [4.78, 5) is 11.9. The van der Waals surface area contributed by atoms with Crippen molar-refractivity contribution in [3.63, 3.8) is 0 Å². The lowest BCUT2D eigenvalue weighted by molar-refractivity contribution is -0.0338. The number of esters is 1. The number of carbonyl (C=O) groups excluding carboxylic acids is 1. The van der Waals surface area contributed by atoms with Gasteiger partial charge in [0.25, 0.3) is 0 Å². The van der Waals surface area contributed by atoms with E-state index in [-0.39, 0.29) is 11.6 Å². The molecule has 1 fully saturated rings. The highest BCUT2D eigenvalue weighted by molar-refractivity contribution is 5.92. The summed E-state index contributed by atoms with van der Waals surface area (Å²) in [5, 5.41) is 0. The lowest BCUT2D eigenvalue weighted by atomic mass is 9.88. The Bertz CT molecular complexity index is 531. The summed E-state index contributed by atoms with van der Waals surface area (Å²) in [5.41, 5.74) is 1.18. The first-order chi connectivity index (χ1) is 9.69. The first-order valence-electron chi connectivity index (χ1n) is 6.74. The Balaban J connectivity index is 2.02. The van der Waals surface area contributed by atoms with Crippen molar-refractivity contribution < 1.29 is 23.7 Å². The third-order valence-corrected chi connectivity index (χ3v) is 4.07. The molecule has 1 saturated heterocycles. The number of hydrogen-bond donors (Lipinski definition) is 0. The minimum atomic E-state index is -0.336. The molecule has 2 heterocycles. The Morgan fingerprint density at radius 2 is 2.00 bits per heavy atom. The van der Waals surface area contributed by atoms with Crippen molar-refractivity contribution in [1.82, 2.24) is 0 Å². The van der Waals surface area contributed by atoms with Crippen LogP contribution in [0.5, 0.6) is 11.5 Å². The molecule has 1 aromatic carbocycles. The van der Waals surface area contributed by atoms with E-state index in [0.717, 1.165) is 18.4 Å². The van der Waals surface area contributed by atoms with Crippen LogP contribution < -0.4 is 9.47 Å². The van der Waals surface area contributed by atoms with Crippen molar-refractivity contribution in [1.29, 1.82) is 0 Å². The van der Waals surface area contributed by atoms with Gasteiger partial charge in [0.1, 0.15) is 5.60 Å². The molecule has 0 aliphatic carbocycles. The Labute approximate surface area is 117 Å². The highest BCUT2D eigenvalue weighted by Crippen LogP contribution is 2.47. The molecule has 20 heavy (non-hydrogen) atoms. The highest BCUT2D eigenvalue weighted by Gasteiger charge is 2.44. The van der Waals surface area contributed by atoms with Gasteiger partial charge < -0.3 is 18.9 Å². The molecular formula is C15H18O5. The lowest BCUT2D eigenvalue weighted by Crippen LogP contribution is -2.40. The molecule has 0 amide bonds. The van der Waals surface area contributed by atoms with E-state index in [1.165, 1.54) is 7.11 Å². The monoisotopic (exact) mass is 278 g/mol. The van der Waals surface area contributed by atoms with E-state index in [0.29, 0.717) is 36.7 Å². The summed E-state index contributed by atoms with van der Waals surface area (Å²) in [6.45, 7) is 1.37. The van der Waals surface area contributed by atoms with Gasteiger partial charge in [-0.3, -0.25) is 0 Å². The van der Waals surface area contributed by atoms with E-state index in [9.17, 15) is 4.79 Å². The molecule has 0 bridgehead atoms. The van der Waals surface area contributed by atoms with Crippen molar-refractivity contribution in [2.24, 2.45) is 0 Å². The summed E-state index contributed by atoms with van der Waals surface area (Å²) in [7, 11) is 2.99. The molecular weight excluding hydrogens is 260 g/mol. The van der Waals surface area contributed by atoms with Crippen LogP contribution in [0.3, 0.4) is 0 Å². The fourth-order valence-electron chi connectivity index (χ4n) is 2.95. The third kappa shape index (κ3) is 2.02. The van der Waals surface area contributed by atoms with Crippen LogP contribution in [0.15, 0.2) is 12.1 Å². The molecule has 5 heteroatoms. The number of ether oxygens (including phenoxy) is 4. The largest absolute Gasteiger partial charge is 0.493 e. The van der Waals surface area contributed by atoms with Gasteiger partial charge >= 0.3 is 5.97 Å². The van der Waals surface area contributed by atoms with Gasteiger partial charge in [-0.1, -0.05) is 0 Å². The molecule has 0 N–H and O–H groups in total. The molecule has 108 valence electrons. The molecule has 0 unspecified atom stereocenters. The number of methoxy groups -OCH3 is 2. The van der Waals surface area contributed by atoms with E-state index < -0.39 is 0 Å². The van der Waals surface area contributed by atoms with Crippen LogP contribution in [0.1, 0.15) is 28.8 Å². The second kappa shape index (κ2) is 4.98. The van der Waals surface area contributed by atoms with E-state index in [4.69, 9.17) is 18.9 Å².